The molecule has 3 aromatic rings. The number of nitrogens with one attached hydrogen (secondary N) is 1. The first kappa shape index (κ1) is 16.2. The van der Waals surface area contributed by atoms with Crippen molar-refractivity contribution in [2.24, 2.45) is 0 Å². The SMILES string of the molecule is O=C(CN1CCC(c2nc3ccccc3s2)CC1)Nc1ccccc1. The van der Waals surface area contributed by atoms with Crippen LogP contribution in [-0.2, 0) is 4.79 Å². The summed E-state index contributed by atoms with van der Waals surface area (Å²) in [6.45, 7) is 2.35. The van der Waals surface area contributed by atoms with Crippen LogP contribution >= 0.6 is 11.3 Å². The number of fused-ring (bicyclic) bond motifs is 1. The lowest BCUT2D eigenvalue weighted by molar-refractivity contribution is -0.117. The summed E-state index contributed by atoms with van der Waals surface area (Å²) in [4.78, 5) is 19.2. The zero-order valence-electron chi connectivity index (χ0n) is 14.0. The highest BCUT2D eigenvalue weighted by molar-refractivity contribution is 7.18. The number of rotatable bonds is 4. The van der Waals surface area contributed by atoms with Gasteiger partial charge in [0.05, 0.1) is 21.8 Å². The maximum absolute atomic E-state index is 12.2. The van der Waals surface area contributed by atoms with Crippen molar-refractivity contribution in [1.82, 2.24) is 9.88 Å². The van der Waals surface area contributed by atoms with Crippen LogP contribution in [0.3, 0.4) is 0 Å². The van der Waals surface area contributed by atoms with E-state index in [0.29, 0.717) is 12.5 Å². The molecule has 2 aromatic carbocycles. The number of aromatic nitrogens is 1. The fourth-order valence-corrected chi connectivity index (χ4v) is 4.46. The average molecular weight is 351 g/mol. The zero-order valence-corrected chi connectivity index (χ0v) is 14.8. The molecule has 0 radical (unpaired) electrons. The molecule has 1 fully saturated rings. The van der Waals surface area contributed by atoms with Crippen LogP contribution in [0, 0.1) is 0 Å². The molecule has 1 N–H and O–H groups in total. The van der Waals surface area contributed by atoms with E-state index in [2.05, 4.69) is 28.4 Å². The van der Waals surface area contributed by atoms with Gasteiger partial charge in [-0.15, -0.1) is 11.3 Å². The molecule has 1 amide bonds. The standard InChI is InChI=1S/C20H21N3OS/c24-19(21-16-6-2-1-3-7-16)14-23-12-10-15(11-13-23)20-22-17-8-4-5-9-18(17)25-20/h1-9,15H,10-14H2,(H,21,24). The van der Waals surface area contributed by atoms with Crippen molar-refractivity contribution < 1.29 is 4.79 Å². The molecule has 4 nitrogen and oxygen atoms in total. The van der Waals surface area contributed by atoms with E-state index in [1.54, 1.807) is 0 Å². The van der Waals surface area contributed by atoms with Gasteiger partial charge in [-0.3, -0.25) is 9.69 Å². The van der Waals surface area contributed by atoms with Crippen molar-refractivity contribution in [2.45, 2.75) is 18.8 Å². The van der Waals surface area contributed by atoms with Gasteiger partial charge in [0.25, 0.3) is 0 Å². The van der Waals surface area contributed by atoms with E-state index in [4.69, 9.17) is 4.98 Å². The highest BCUT2D eigenvalue weighted by Crippen LogP contribution is 2.33. The Bertz CT molecular complexity index is 821. The van der Waals surface area contributed by atoms with E-state index in [0.717, 1.165) is 37.1 Å². The van der Waals surface area contributed by atoms with Crippen LogP contribution in [0.4, 0.5) is 5.69 Å². The van der Waals surface area contributed by atoms with Crippen LogP contribution < -0.4 is 5.32 Å². The molecule has 0 saturated carbocycles. The summed E-state index contributed by atoms with van der Waals surface area (Å²) >= 11 is 1.81. The number of carbonyl (C=O) groups excluding carboxylic acids is 1. The number of hydrogen-bond acceptors (Lipinski definition) is 4. The first-order chi connectivity index (χ1) is 12.3. The second-order valence-electron chi connectivity index (χ2n) is 6.48. The maximum atomic E-state index is 12.2. The molecule has 1 aromatic heterocycles. The molecular weight excluding hydrogens is 330 g/mol. The summed E-state index contributed by atoms with van der Waals surface area (Å²) in [6, 6.07) is 18.0. The van der Waals surface area contributed by atoms with Gasteiger partial charge >= 0.3 is 0 Å². The molecule has 1 aliphatic heterocycles. The van der Waals surface area contributed by atoms with Crippen molar-refractivity contribution in [3.05, 3.63) is 59.6 Å². The molecule has 0 atom stereocenters. The Morgan fingerprint density at radius 1 is 1.08 bits per heavy atom. The smallest absolute Gasteiger partial charge is 0.238 e. The molecule has 128 valence electrons. The number of nitrogens with zero attached hydrogens (tertiary/aromatic N) is 2. The van der Waals surface area contributed by atoms with Gasteiger partial charge in [-0.25, -0.2) is 4.98 Å². The minimum absolute atomic E-state index is 0.0598. The minimum atomic E-state index is 0.0598. The van der Waals surface area contributed by atoms with E-state index in [9.17, 15) is 4.79 Å². The number of piperidine rings is 1. The number of benzene rings is 2. The Morgan fingerprint density at radius 2 is 1.80 bits per heavy atom. The van der Waals surface area contributed by atoms with Gasteiger partial charge in [-0.1, -0.05) is 30.3 Å². The Labute approximate surface area is 151 Å². The lowest BCUT2D eigenvalue weighted by Crippen LogP contribution is -2.38. The second kappa shape index (κ2) is 7.33. The molecule has 2 heterocycles. The predicted molar refractivity (Wildman–Crippen MR) is 103 cm³/mol. The van der Waals surface area contributed by atoms with E-state index >= 15 is 0 Å². The summed E-state index contributed by atoms with van der Waals surface area (Å²) in [5.74, 6) is 0.579. The first-order valence-corrected chi connectivity index (χ1v) is 9.52. The lowest BCUT2D eigenvalue weighted by atomic mass is 9.97. The monoisotopic (exact) mass is 351 g/mol. The average Bonchev–Trinajstić information content (AvgIpc) is 3.07. The number of hydrogen-bond donors (Lipinski definition) is 1. The summed E-state index contributed by atoms with van der Waals surface area (Å²) in [5, 5.41) is 4.20. The predicted octanol–water partition coefficient (Wildman–Crippen LogP) is 4.11. The van der Waals surface area contributed by atoms with Gasteiger partial charge in [0, 0.05) is 11.6 Å². The summed E-state index contributed by atoms with van der Waals surface area (Å²) in [5.41, 5.74) is 1.96. The van der Waals surface area contributed by atoms with Gasteiger partial charge in [-0.05, 0) is 50.2 Å². The molecule has 1 saturated heterocycles. The minimum Gasteiger partial charge on any atom is -0.325 e. The van der Waals surface area contributed by atoms with E-state index in [1.807, 2.05) is 47.7 Å². The molecule has 0 unspecified atom stereocenters. The fourth-order valence-electron chi connectivity index (χ4n) is 3.33. The highest BCUT2D eigenvalue weighted by Gasteiger charge is 2.24. The fraction of sp³-hybridized carbons (Fsp3) is 0.300. The van der Waals surface area contributed by atoms with Crippen molar-refractivity contribution in [2.75, 3.05) is 25.0 Å². The van der Waals surface area contributed by atoms with E-state index in [-0.39, 0.29) is 5.91 Å². The molecule has 5 heteroatoms. The summed E-state index contributed by atoms with van der Waals surface area (Å²) < 4.78 is 1.27. The van der Waals surface area contributed by atoms with Gasteiger partial charge in [0.15, 0.2) is 0 Å². The lowest BCUT2D eigenvalue weighted by Gasteiger charge is -2.30. The van der Waals surface area contributed by atoms with Crippen LogP contribution in [0.25, 0.3) is 10.2 Å². The zero-order chi connectivity index (χ0) is 17.1. The molecule has 1 aliphatic rings. The van der Waals surface area contributed by atoms with Crippen molar-refractivity contribution in [3.8, 4) is 0 Å². The van der Waals surface area contributed by atoms with Gasteiger partial charge in [0.1, 0.15) is 0 Å². The molecular formula is C20H21N3OS. The first-order valence-electron chi connectivity index (χ1n) is 8.71. The number of carbonyl (C=O) groups is 1. The normalized spacial score (nSPS) is 16.2. The Kier molecular flexibility index (Phi) is 4.76. The Hall–Kier alpha value is -2.24. The van der Waals surface area contributed by atoms with Crippen LogP contribution in [0.2, 0.25) is 0 Å². The maximum Gasteiger partial charge on any atom is 0.238 e. The summed E-state index contributed by atoms with van der Waals surface area (Å²) in [6.07, 6.45) is 2.14. The molecule has 0 spiro atoms. The van der Waals surface area contributed by atoms with Crippen LogP contribution in [0.15, 0.2) is 54.6 Å². The van der Waals surface area contributed by atoms with Crippen molar-refractivity contribution in [3.63, 3.8) is 0 Å². The molecule has 0 bridgehead atoms. The summed E-state index contributed by atoms with van der Waals surface area (Å²) in [7, 11) is 0. The van der Waals surface area contributed by atoms with Crippen LogP contribution in [0.5, 0.6) is 0 Å². The Morgan fingerprint density at radius 3 is 2.56 bits per heavy atom. The highest BCUT2D eigenvalue weighted by atomic mass is 32.1. The van der Waals surface area contributed by atoms with Crippen molar-refractivity contribution >= 4 is 33.1 Å². The third-order valence-electron chi connectivity index (χ3n) is 4.67. The van der Waals surface area contributed by atoms with Crippen LogP contribution in [-0.4, -0.2) is 35.4 Å². The van der Waals surface area contributed by atoms with E-state index in [1.165, 1.54) is 9.71 Å². The van der Waals surface area contributed by atoms with Gasteiger partial charge in [0.2, 0.25) is 5.91 Å². The van der Waals surface area contributed by atoms with Gasteiger partial charge in [-0.2, -0.15) is 0 Å². The molecule has 25 heavy (non-hydrogen) atoms. The number of thiazole rings is 1. The number of likely N-dealkylation sites (tertiary alicyclic amines) is 1. The third-order valence-corrected chi connectivity index (χ3v) is 5.87. The largest absolute Gasteiger partial charge is 0.325 e. The number of amides is 1. The third kappa shape index (κ3) is 3.89. The topological polar surface area (TPSA) is 45.2 Å². The quantitative estimate of drug-likeness (QED) is 0.769. The molecule has 4 rings (SSSR count). The van der Waals surface area contributed by atoms with Crippen molar-refractivity contribution in [1.29, 1.82) is 0 Å². The van der Waals surface area contributed by atoms with Gasteiger partial charge < -0.3 is 5.32 Å². The van der Waals surface area contributed by atoms with Crippen LogP contribution in [0.1, 0.15) is 23.8 Å². The second-order valence-corrected chi connectivity index (χ2v) is 7.55. The van der Waals surface area contributed by atoms with E-state index < -0.39 is 0 Å². The Balaban J connectivity index is 1.31. The number of anilines is 1. The number of para-hydroxylation sites is 2. The molecule has 0 aliphatic carbocycles.